The van der Waals surface area contributed by atoms with Crippen molar-refractivity contribution in [1.82, 2.24) is 0 Å². The van der Waals surface area contributed by atoms with Gasteiger partial charge in [-0.05, 0) is 12.8 Å². The van der Waals surface area contributed by atoms with Crippen molar-refractivity contribution in [3.8, 4) is 0 Å². The van der Waals surface area contributed by atoms with Crippen molar-refractivity contribution >= 4 is 11.6 Å². The summed E-state index contributed by atoms with van der Waals surface area (Å²) in [5, 5.41) is 0. The van der Waals surface area contributed by atoms with Crippen molar-refractivity contribution in [2.75, 3.05) is 6.07 Å². The largest absolute Gasteiger partial charge is 0.363 e. The zero-order valence-corrected chi connectivity index (χ0v) is 7.66. The number of rotatable bonds is 6. The Morgan fingerprint density at radius 3 is 2.00 bits per heavy atom. The molecule has 0 heterocycles. The van der Waals surface area contributed by atoms with Gasteiger partial charge in [0.2, 0.25) is 0 Å². The molecule has 0 amide bonds. The highest BCUT2D eigenvalue weighted by Gasteiger charge is 2.04. The molecule has 0 rings (SSSR count). The summed E-state index contributed by atoms with van der Waals surface area (Å²) in [7, 11) is 0. The molecule has 0 aromatic carbocycles. The van der Waals surface area contributed by atoms with Crippen LogP contribution in [0.25, 0.3) is 0 Å². The fraction of sp³-hybridized carbons (Fsp3) is 1.00. The molecule has 0 aliphatic heterocycles. The molecule has 0 aliphatic rings. The van der Waals surface area contributed by atoms with E-state index in [1.54, 1.807) is 0 Å². The summed E-state index contributed by atoms with van der Waals surface area (Å²) in [6.45, 7) is 4.33. The van der Waals surface area contributed by atoms with Gasteiger partial charge in [-0.25, -0.2) is 0 Å². The van der Waals surface area contributed by atoms with E-state index in [0.717, 1.165) is 12.8 Å². The third kappa shape index (κ3) is 5.07. The van der Waals surface area contributed by atoms with E-state index < -0.39 is 0 Å². The van der Waals surface area contributed by atoms with Crippen LogP contribution in [0.4, 0.5) is 0 Å². The Morgan fingerprint density at radius 1 is 1.20 bits per heavy atom. The maximum absolute atomic E-state index is 5.45. The molecule has 0 radical (unpaired) electrons. The predicted octanol–water partition coefficient (Wildman–Crippen LogP) is 3.17. The third-order valence-corrected chi connectivity index (χ3v) is 1.65. The summed E-state index contributed by atoms with van der Waals surface area (Å²) in [6.07, 6.45) is 5.04. The van der Waals surface area contributed by atoms with Gasteiger partial charge >= 0.3 is 0 Å². The highest BCUT2D eigenvalue weighted by atomic mass is 35.5. The maximum Gasteiger partial charge on any atom is 0.121 e. The summed E-state index contributed by atoms with van der Waals surface area (Å²) in [5.41, 5.74) is 0. The van der Waals surface area contributed by atoms with E-state index in [1.165, 1.54) is 12.8 Å². The highest BCUT2D eigenvalue weighted by Crippen LogP contribution is 2.09. The number of alkyl halides is 1. The maximum atomic E-state index is 5.45. The van der Waals surface area contributed by atoms with Gasteiger partial charge in [0.1, 0.15) is 6.07 Å². The molecule has 62 valence electrons. The lowest BCUT2D eigenvalue weighted by Gasteiger charge is -2.13. The van der Waals surface area contributed by atoms with Gasteiger partial charge in [0.05, 0.1) is 6.10 Å². The molecule has 0 saturated heterocycles. The summed E-state index contributed by atoms with van der Waals surface area (Å²) in [6, 6.07) is 0.338. The van der Waals surface area contributed by atoms with Crippen LogP contribution < -0.4 is 0 Å². The third-order valence-electron chi connectivity index (χ3n) is 1.52. The van der Waals surface area contributed by atoms with Gasteiger partial charge in [-0.3, -0.25) is 0 Å². The smallest absolute Gasteiger partial charge is 0.121 e. The van der Waals surface area contributed by atoms with Crippen LogP contribution in [-0.2, 0) is 4.74 Å². The molecule has 2 heteroatoms. The van der Waals surface area contributed by atoms with Crippen molar-refractivity contribution < 1.29 is 4.74 Å². The Balaban J connectivity index is 3.30. The summed E-state index contributed by atoms with van der Waals surface area (Å²) >= 11 is 5.45. The summed E-state index contributed by atoms with van der Waals surface area (Å²) in [4.78, 5) is 0. The average Bonchev–Trinajstić information content (AvgIpc) is 1.90. The second-order valence-electron chi connectivity index (χ2n) is 2.48. The van der Waals surface area contributed by atoms with Gasteiger partial charge in [0.25, 0.3) is 0 Å². The minimum atomic E-state index is 0.338. The van der Waals surface area contributed by atoms with Crippen LogP contribution in [0.5, 0.6) is 0 Å². The first kappa shape index (κ1) is 10.2. The lowest BCUT2D eigenvalue weighted by atomic mass is 10.1. The standard InChI is InChI=1S/C8H17ClO/c1-3-5-8(6-4-2)10-7-9/h8H,3-7H2,1-2H3. The first-order valence-electron chi connectivity index (χ1n) is 4.02. The SMILES string of the molecule is CCCC(CCC)OCCl. The van der Waals surface area contributed by atoms with Crippen LogP contribution >= 0.6 is 11.6 Å². The number of ether oxygens (including phenoxy) is 1. The minimum absolute atomic E-state index is 0.338. The quantitative estimate of drug-likeness (QED) is 0.548. The Labute approximate surface area is 68.7 Å². The number of halogens is 1. The highest BCUT2D eigenvalue weighted by molar-refractivity contribution is 6.17. The first-order chi connectivity index (χ1) is 4.85. The zero-order chi connectivity index (χ0) is 7.82. The van der Waals surface area contributed by atoms with Crippen LogP contribution in [-0.4, -0.2) is 12.2 Å². The monoisotopic (exact) mass is 164 g/mol. The first-order valence-corrected chi connectivity index (χ1v) is 4.56. The van der Waals surface area contributed by atoms with E-state index in [9.17, 15) is 0 Å². The van der Waals surface area contributed by atoms with Crippen molar-refractivity contribution in [2.24, 2.45) is 0 Å². The van der Waals surface area contributed by atoms with Gasteiger partial charge in [-0.1, -0.05) is 38.3 Å². The Kier molecular flexibility index (Phi) is 7.54. The molecule has 0 atom stereocenters. The number of hydrogen-bond acceptors (Lipinski definition) is 1. The van der Waals surface area contributed by atoms with E-state index in [-0.39, 0.29) is 0 Å². The van der Waals surface area contributed by atoms with E-state index >= 15 is 0 Å². The Hall–Kier alpha value is 0.250. The van der Waals surface area contributed by atoms with Crippen molar-refractivity contribution in [1.29, 1.82) is 0 Å². The Morgan fingerprint density at radius 2 is 1.70 bits per heavy atom. The molecule has 0 spiro atoms. The summed E-state index contributed by atoms with van der Waals surface area (Å²) in [5.74, 6) is 0. The fourth-order valence-electron chi connectivity index (χ4n) is 1.04. The van der Waals surface area contributed by atoms with Gasteiger partial charge < -0.3 is 4.74 Å². The molecular formula is C8H17ClO. The van der Waals surface area contributed by atoms with Gasteiger partial charge in [0.15, 0.2) is 0 Å². The van der Waals surface area contributed by atoms with Gasteiger partial charge in [0, 0.05) is 0 Å². The van der Waals surface area contributed by atoms with Crippen LogP contribution in [0.1, 0.15) is 39.5 Å². The molecule has 0 fully saturated rings. The van der Waals surface area contributed by atoms with Crippen molar-refractivity contribution in [3.05, 3.63) is 0 Å². The molecule has 0 N–H and O–H groups in total. The zero-order valence-electron chi connectivity index (χ0n) is 6.90. The van der Waals surface area contributed by atoms with E-state index in [0.29, 0.717) is 12.2 Å². The van der Waals surface area contributed by atoms with Gasteiger partial charge in [-0.15, -0.1) is 0 Å². The topological polar surface area (TPSA) is 9.23 Å². The minimum Gasteiger partial charge on any atom is -0.363 e. The predicted molar refractivity (Wildman–Crippen MR) is 45.4 cm³/mol. The number of hydrogen-bond donors (Lipinski definition) is 0. The van der Waals surface area contributed by atoms with Crippen molar-refractivity contribution in [3.63, 3.8) is 0 Å². The second-order valence-corrected chi connectivity index (χ2v) is 2.69. The van der Waals surface area contributed by atoms with Crippen molar-refractivity contribution in [2.45, 2.75) is 45.6 Å². The lowest BCUT2D eigenvalue weighted by molar-refractivity contribution is 0.0724. The van der Waals surface area contributed by atoms with E-state index in [2.05, 4.69) is 13.8 Å². The Bertz CT molecular complexity index is 52.0. The van der Waals surface area contributed by atoms with Crippen LogP contribution in [0.3, 0.4) is 0 Å². The molecule has 0 aliphatic carbocycles. The lowest BCUT2D eigenvalue weighted by Crippen LogP contribution is -2.10. The van der Waals surface area contributed by atoms with Crippen LogP contribution in [0, 0.1) is 0 Å². The molecule has 0 aromatic heterocycles. The molecule has 0 aromatic rings. The average molecular weight is 165 g/mol. The fourth-order valence-corrected chi connectivity index (χ4v) is 1.22. The van der Waals surface area contributed by atoms with E-state index in [4.69, 9.17) is 16.3 Å². The normalized spacial score (nSPS) is 10.8. The molecule has 0 saturated carbocycles. The molecule has 10 heavy (non-hydrogen) atoms. The van der Waals surface area contributed by atoms with Crippen LogP contribution in [0.2, 0.25) is 0 Å². The van der Waals surface area contributed by atoms with Crippen LogP contribution in [0.15, 0.2) is 0 Å². The second kappa shape index (κ2) is 7.36. The molecular weight excluding hydrogens is 148 g/mol. The summed E-state index contributed by atoms with van der Waals surface area (Å²) < 4.78 is 5.29. The molecule has 0 unspecified atom stereocenters. The molecule has 0 bridgehead atoms. The molecule has 1 nitrogen and oxygen atoms in total. The van der Waals surface area contributed by atoms with E-state index in [1.807, 2.05) is 0 Å². The van der Waals surface area contributed by atoms with Gasteiger partial charge in [-0.2, -0.15) is 0 Å².